The Balaban J connectivity index is 2.27. The van der Waals surface area contributed by atoms with Crippen LogP contribution in [0.3, 0.4) is 0 Å². The Hall–Kier alpha value is -1.56. The second-order valence-corrected chi connectivity index (χ2v) is 7.04. The van der Waals surface area contributed by atoms with Crippen molar-refractivity contribution in [2.45, 2.75) is 19.9 Å². The molecule has 0 radical (unpaired) electrons. The number of hydrogen-bond acceptors (Lipinski definition) is 3. The summed E-state index contributed by atoms with van der Waals surface area (Å²) in [5.41, 5.74) is 1.62. The fourth-order valence-electron chi connectivity index (χ4n) is 2.17. The zero-order chi connectivity index (χ0) is 14.0. The van der Waals surface area contributed by atoms with E-state index in [9.17, 15) is 13.2 Å². The quantitative estimate of drug-likeness (QED) is 0.827. The Morgan fingerprint density at radius 1 is 1.16 bits per heavy atom. The molecule has 1 aromatic heterocycles. The van der Waals surface area contributed by atoms with Crippen molar-refractivity contribution >= 4 is 20.9 Å². The molecule has 0 fully saturated rings. The number of benzene rings is 1. The summed E-state index contributed by atoms with van der Waals surface area (Å²) in [6.07, 6.45) is 0.462. The van der Waals surface area contributed by atoms with E-state index in [1.54, 1.807) is 23.1 Å². The molecule has 0 N–H and O–H groups in total. The number of imidazole rings is 1. The van der Waals surface area contributed by atoms with Crippen molar-refractivity contribution in [2.24, 2.45) is 7.05 Å². The molecular weight excluding hydrogens is 264 g/mol. The minimum Gasteiger partial charge on any atom is -0.295 e. The molecule has 5 nitrogen and oxygen atoms in total. The van der Waals surface area contributed by atoms with Crippen LogP contribution < -0.4 is 5.69 Å². The first kappa shape index (κ1) is 13.9. The molecule has 2 rings (SSSR count). The minimum atomic E-state index is -2.97. The topological polar surface area (TPSA) is 61.1 Å². The molecule has 0 unspecified atom stereocenters. The van der Waals surface area contributed by atoms with Gasteiger partial charge < -0.3 is 0 Å². The molecule has 104 valence electrons. The van der Waals surface area contributed by atoms with E-state index in [0.29, 0.717) is 13.0 Å². The highest BCUT2D eigenvalue weighted by Crippen LogP contribution is 2.12. The van der Waals surface area contributed by atoms with Crippen LogP contribution in [-0.4, -0.2) is 29.1 Å². The average Bonchev–Trinajstić information content (AvgIpc) is 2.64. The van der Waals surface area contributed by atoms with Crippen molar-refractivity contribution in [3.63, 3.8) is 0 Å². The fourth-order valence-corrected chi connectivity index (χ4v) is 3.02. The highest BCUT2D eigenvalue weighted by atomic mass is 32.2. The Bertz CT molecular complexity index is 741. The van der Waals surface area contributed by atoms with Gasteiger partial charge in [-0.15, -0.1) is 0 Å². The van der Waals surface area contributed by atoms with E-state index >= 15 is 0 Å². The largest absolute Gasteiger partial charge is 0.328 e. The maximum Gasteiger partial charge on any atom is 0.328 e. The van der Waals surface area contributed by atoms with Gasteiger partial charge in [-0.05, 0) is 18.6 Å². The minimum absolute atomic E-state index is 0.102. The van der Waals surface area contributed by atoms with Crippen molar-refractivity contribution in [3.8, 4) is 0 Å². The van der Waals surface area contributed by atoms with Crippen LogP contribution in [-0.2, 0) is 23.4 Å². The summed E-state index contributed by atoms with van der Waals surface area (Å²) in [5, 5.41) is 0. The Labute approximate surface area is 112 Å². The van der Waals surface area contributed by atoms with Crippen LogP contribution in [0.5, 0.6) is 0 Å². The Kier molecular flexibility index (Phi) is 3.80. The van der Waals surface area contributed by atoms with Crippen molar-refractivity contribution in [1.82, 2.24) is 9.13 Å². The lowest BCUT2D eigenvalue weighted by molar-refractivity contribution is 0.585. The predicted octanol–water partition coefficient (Wildman–Crippen LogP) is 1.16. The van der Waals surface area contributed by atoms with Crippen LogP contribution in [0.25, 0.3) is 11.0 Å². The Morgan fingerprint density at radius 2 is 1.79 bits per heavy atom. The molecule has 0 bridgehead atoms. The molecule has 0 spiro atoms. The van der Waals surface area contributed by atoms with E-state index in [0.717, 1.165) is 11.0 Å². The maximum atomic E-state index is 12.1. The van der Waals surface area contributed by atoms with E-state index in [2.05, 4.69) is 0 Å². The van der Waals surface area contributed by atoms with Crippen molar-refractivity contribution in [3.05, 3.63) is 34.7 Å². The molecule has 2 aromatic rings. The van der Waals surface area contributed by atoms with E-state index in [1.807, 2.05) is 24.3 Å². The first-order valence-electron chi connectivity index (χ1n) is 6.31. The Morgan fingerprint density at radius 3 is 2.42 bits per heavy atom. The summed E-state index contributed by atoms with van der Waals surface area (Å²) in [5.74, 6) is 0.274. The number of nitrogens with zero attached hydrogens (tertiary/aromatic N) is 2. The number of aryl methyl sites for hydroxylation is 2. The van der Waals surface area contributed by atoms with Gasteiger partial charge in [-0.1, -0.05) is 19.1 Å². The molecule has 0 atom stereocenters. The van der Waals surface area contributed by atoms with Crippen LogP contribution in [0.4, 0.5) is 0 Å². The third-order valence-electron chi connectivity index (χ3n) is 3.33. The van der Waals surface area contributed by atoms with Crippen LogP contribution in [0.1, 0.15) is 13.3 Å². The zero-order valence-electron chi connectivity index (χ0n) is 11.2. The van der Waals surface area contributed by atoms with Gasteiger partial charge in [0.25, 0.3) is 0 Å². The third kappa shape index (κ3) is 2.73. The number of sulfone groups is 1. The van der Waals surface area contributed by atoms with Gasteiger partial charge in [0.1, 0.15) is 9.84 Å². The normalized spacial score (nSPS) is 12.1. The van der Waals surface area contributed by atoms with E-state index in [1.165, 1.54) is 0 Å². The molecule has 0 aliphatic heterocycles. The number of aromatic nitrogens is 2. The van der Waals surface area contributed by atoms with Gasteiger partial charge in [0.2, 0.25) is 0 Å². The van der Waals surface area contributed by atoms with Crippen LogP contribution in [0.15, 0.2) is 29.1 Å². The summed E-state index contributed by atoms with van der Waals surface area (Å²) in [4.78, 5) is 12.1. The number of fused-ring (bicyclic) bond motifs is 1. The second kappa shape index (κ2) is 5.21. The summed E-state index contributed by atoms with van der Waals surface area (Å²) in [6.45, 7) is 2.07. The third-order valence-corrected chi connectivity index (χ3v) is 5.12. The molecule has 0 saturated carbocycles. The lowest BCUT2D eigenvalue weighted by Gasteiger charge is -2.03. The molecule has 1 heterocycles. The molecule has 1 aromatic carbocycles. The molecule has 0 amide bonds. The van der Waals surface area contributed by atoms with Crippen molar-refractivity contribution in [2.75, 3.05) is 11.5 Å². The summed E-state index contributed by atoms with van der Waals surface area (Å²) >= 11 is 0. The van der Waals surface area contributed by atoms with Gasteiger partial charge in [0.05, 0.1) is 16.8 Å². The fraction of sp³-hybridized carbons (Fsp3) is 0.462. The molecule has 6 heteroatoms. The molecule has 19 heavy (non-hydrogen) atoms. The molecular formula is C13H18N2O3S. The highest BCUT2D eigenvalue weighted by Gasteiger charge is 2.11. The average molecular weight is 282 g/mol. The van der Waals surface area contributed by atoms with Crippen molar-refractivity contribution < 1.29 is 8.42 Å². The molecule has 0 aliphatic rings. The lowest BCUT2D eigenvalue weighted by Crippen LogP contribution is -2.23. The first-order valence-corrected chi connectivity index (χ1v) is 8.13. The predicted molar refractivity (Wildman–Crippen MR) is 76.1 cm³/mol. The monoisotopic (exact) mass is 282 g/mol. The summed E-state index contributed by atoms with van der Waals surface area (Å²) in [6, 6.07) is 7.52. The van der Waals surface area contributed by atoms with Gasteiger partial charge in [-0.2, -0.15) is 0 Å². The van der Waals surface area contributed by atoms with Gasteiger partial charge in [-0.3, -0.25) is 9.13 Å². The summed E-state index contributed by atoms with van der Waals surface area (Å²) in [7, 11) is -1.24. The lowest BCUT2D eigenvalue weighted by atomic mass is 10.3. The van der Waals surface area contributed by atoms with Gasteiger partial charge >= 0.3 is 5.69 Å². The van der Waals surface area contributed by atoms with Gasteiger partial charge in [-0.25, -0.2) is 13.2 Å². The van der Waals surface area contributed by atoms with Crippen LogP contribution in [0, 0.1) is 0 Å². The highest BCUT2D eigenvalue weighted by molar-refractivity contribution is 7.91. The van der Waals surface area contributed by atoms with Crippen molar-refractivity contribution in [1.29, 1.82) is 0 Å². The first-order chi connectivity index (χ1) is 8.96. The van der Waals surface area contributed by atoms with E-state index < -0.39 is 9.84 Å². The second-order valence-electron chi connectivity index (χ2n) is 4.57. The zero-order valence-corrected chi connectivity index (χ0v) is 12.0. The smallest absolute Gasteiger partial charge is 0.295 e. The summed E-state index contributed by atoms with van der Waals surface area (Å²) < 4.78 is 26.1. The van der Waals surface area contributed by atoms with E-state index in [-0.39, 0.29) is 17.2 Å². The molecule has 0 aliphatic carbocycles. The van der Waals surface area contributed by atoms with E-state index in [4.69, 9.17) is 0 Å². The standard InChI is InChI=1S/C13H18N2O3S/c1-3-19(17,18)10-6-9-15-12-8-5-4-7-11(12)14(2)13(15)16/h4-5,7-8H,3,6,9-10H2,1-2H3. The SMILES string of the molecule is CCS(=O)(=O)CCCn1c(=O)n(C)c2ccccc21. The van der Waals surface area contributed by atoms with Gasteiger partial charge in [0.15, 0.2) is 0 Å². The molecule has 0 saturated heterocycles. The number of hydrogen-bond donors (Lipinski definition) is 0. The number of para-hydroxylation sites is 2. The van der Waals surface area contributed by atoms with Crippen LogP contribution >= 0.6 is 0 Å². The van der Waals surface area contributed by atoms with Crippen LogP contribution in [0.2, 0.25) is 0 Å². The number of rotatable bonds is 5. The van der Waals surface area contributed by atoms with Gasteiger partial charge in [0, 0.05) is 19.3 Å². The maximum absolute atomic E-state index is 12.1.